The van der Waals surface area contributed by atoms with Gasteiger partial charge >= 0.3 is 0 Å². The highest BCUT2D eigenvalue weighted by molar-refractivity contribution is 6.34. The van der Waals surface area contributed by atoms with E-state index in [9.17, 15) is 9.18 Å². The molecule has 4 heteroatoms. The summed E-state index contributed by atoms with van der Waals surface area (Å²) in [5, 5.41) is 0.181. The Labute approximate surface area is 98.4 Å². The Morgan fingerprint density at radius 2 is 2.31 bits per heavy atom. The van der Waals surface area contributed by atoms with Gasteiger partial charge in [0.1, 0.15) is 5.82 Å². The predicted molar refractivity (Wildman–Crippen MR) is 59.4 cm³/mol. The van der Waals surface area contributed by atoms with Gasteiger partial charge in [0.2, 0.25) is 0 Å². The van der Waals surface area contributed by atoms with Gasteiger partial charge in [0.05, 0.1) is 11.6 Å². The maximum atomic E-state index is 13.2. The Kier molecular flexibility index (Phi) is 3.26. The van der Waals surface area contributed by atoms with E-state index >= 15 is 0 Å². The molecule has 1 unspecified atom stereocenters. The second-order valence-electron chi connectivity index (χ2n) is 4.01. The average molecular weight is 243 g/mol. The number of benzene rings is 1. The predicted octanol–water partition coefficient (Wildman–Crippen LogP) is 3.01. The first-order chi connectivity index (χ1) is 7.59. The molecule has 0 N–H and O–H groups in total. The first-order valence-electron chi connectivity index (χ1n) is 5.17. The number of carbonyl (C=O) groups is 1. The van der Waals surface area contributed by atoms with Crippen LogP contribution in [0.4, 0.5) is 4.39 Å². The van der Waals surface area contributed by atoms with Crippen LogP contribution in [0.1, 0.15) is 22.3 Å². The molecule has 0 bridgehead atoms. The number of halogens is 2. The molecular formula is C12H12ClFO2. The molecule has 86 valence electrons. The third-order valence-electron chi connectivity index (χ3n) is 2.81. The van der Waals surface area contributed by atoms with Crippen molar-refractivity contribution in [3.05, 3.63) is 34.1 Å². The summed E-state index contributed by atoms with van der Waals surface area (Å²) in [5.41, 5.74) is 0.836. The Bertz CT molecular complexity index is 425. The topological polar surface area (TPSA) is 26.3 Å². The molecule has 0 amide bonds. The number of carbonyl (C=O) groups excluding carboxylic acids is 1. The molecule has 2 rings (SSSR count). The van der Waals surface area contributed by atoms with E-state index in [1.54, 1.807) is 6.92 Å². The summed E-state index contributed by atoms with van der Waals surface area (Å²) in [6, 6.07) is 2.71. The zero-order valence-corrected chi connectivity index (χ0v) is 9.68. The van der Waals surface area contributed by atoms with E-state index in [0.717, 1.165) is 0 Å². The molecule has 0 saturated carbocycles. The third-order valence-corrected chi connectivity index (χ3v) is 3.13. The lowest BCUT2D eigenvalue weighted by Gasteiger charge is -2.09. The molecule has 16 heavy (non-hydrogen) atoms. The molecule has 1 aromatic carbocycles. The molecule has 1 fully saturated rings. The van der Waals surface area contributed by atoms with Crippen molar-refractivity contribution in [1.82, 2.24) is 0 Å². The Morgan fingerprint density at radius 1 is 1.56 bits per heavy atom. The van der Waals surface area contributed by atoms with Gasteiger partial charge in [-0.1, -0.05) is 11.6 Å². The summed E-state index contributed by atoms with van der Waals surface area (Å²) in [6.07, 6.45) is 0.714. The zero-order valence-electron chi connectivity index (χ0n) is 8.93. The summed E-state index contributed by atoms with van der Waals surface area (Å²) in [7, 11) is 0. The number of rotatable bonds is 2. The fraction of sp³-hybridized carbons (Fsp3) is 0.417. The van der Waals surface area contributed by atoms with Crippen molar-refractivity contribution in [2.24, 2.45) is 5.92 Å². The summed E-state index contributed by atoms with van der Waals surface area (Å²) in [4.78, 5) is 12.0. The quantitative estimate of drug-likeness (QED) is 0.746. The van der Waals surface area contributed by atoms with Crippen LogP contribution in [0, 0.1) is 18.7 Å². The number of hydrogen-bond donors (Lipinski definition) is 0. The smallest absolute Gasteiger partial charge is 0.169 e. The van der Waals surface area contributed by atoms with Crippen LogP contribution in [0.5, 0.6) is 0 Å². The normalized spacial score (nSPS) is 20.1. The van der Waals surface area contributed by atoms with Gasteiger partial charge in [-0.3, -0.25) is 4.79 Å². The molecular weight excluding hydrogens is 231 g/mol. The van der Waals surface area contributed by atoms with E-state index in [0.29, 0.717) is 30.8 Å². The van der Waals surface area contributed by atoms with Crippen molar-refractivity contribution in [2.45, 2.75) is 13.3 Å². The molecule has 1 atom stereocenters. The molecule has 2 nitrogen and oxygen atoms in total. The number of Topliss-reactive ketones (excluding diaryl/α,β-unsaturated/α-hetero) is 1. The summed E-state index contributed by atoms with van der Waals surface area (Å²) in [6.45, 7) is 2.66. The summed E-state index contributed by atoms with van der Waals surface area (Å²) in [5.74, 6) is -0.572. The number of hydrogen-bond acceptors (Lipinski definition) is 2. The molecule has 0 aromatic heterocycles. The lowest BCUT2D eigenvalue weighted by atomic mass is 9.96. The molecule has 0 aliphatic carbocycles. The first-order valence-corrected chi connectivity index (χ1v) is 5.55. The lowest BCUT2D eigenvalue weighted by Crippen LogP contribution is -2.15. The van der Waals surface area contributed by atoms with Gasteiger partial charge in [0, 0.05) is 18.1 Å². The van der Waals surface area contributed by atoms with Crippen molar-refractivity contribution in [3.63, 3.8) is 0 Å². The van der Waals surface area contributed by atoms with E-state index in [4.69, 9.17) is 16.3 Å². The van der Waals surface area contributed by atoms with Crippen LogP contribution in [0.15, 0.2) is 12.1 Å². The Morgan fingerprint density at radius 3 is 2.94 bits per heavy atom. The second-order valence-corrected chi connectivity index (χ2v) is 4.41. The third kappa shape index (κ3) is 2.11. The highest BCUT2D eigenvalue weighted by atomic mass is 35.5. The minimum atomic E-state index is -0.385. The molecule has 0 spiro atoms. The van der Waals surface area contributed by atoms with Gasteiger partial charge in [0.25, 0.3) is 0 Å². The largest absolute Gasteiger partial charge is 0.381 e. The fourth-order valence-corrected chi connectivity index (χ4v) is 2.05. The van der Waals surface area contributed by atoms with E-state index in [1.165, 1.54) is 12.1 Å². The molecule has 1 aromatic rings. The maximum Gasteiger partial charge on any atom is 0.169 e. The van der Waals surface area contributed by atoms with Gasteiger partial charge in [0.15, 0.2) is 5.78 Å². The van der Waals surface area contributed by atoms with Crippen LogP contribution in [-0.2, 0) is 4.74 Å². The van der Waals surface area contributed by atoms with Crippen LogP contribution in [0.3, 0.4) is 0 Å². The monoisotopic (exact) mass is 242 g/mol. The minimum Gasteiger partial charge on any atom is -0.381 e. The van der Waals surface area contributed by atoms with Crippen molar-refractivity contribution in [3.8, 4) is 0 Å². The van der Waals surface area contributed by atoms with Crippen LogP contribution in [-0.4, -0.2) is 19.0 Å². The van der Waals surface area contributed by atoms with Crippen LogP contribution < -0.4 is 0 Å². The van der Waals surface area contributed by atoms with E-state index in [1.807, 2.05) is 0 Å². The highest BCUT2D eigenvalue weighted by Gasteiger charge is 2.26. The first kappa shape index (κ1) is 11.6. The number of ketones is 1. The van der Waals surface area contributed by atoms with Gasteiger partial charge in [-0.2, -0.15) is 0 Å². The van der Waals surface area contributed by atoms with E-state index < -0.39 is 0 Å². The number of aryl methyl sites for hydroxylation is 1. The van der Waals surface area contributed by atoms with Crippen molar-refractivity contribution < 1.29 is 13.9 Å². The van der Waals surface area contributed by atoms with Crippen molar-refractivity contribution in [2.75, 3.05) is 13.2 Å². The summed E-state index contributed by atoms with van der Waals surface area (Å²) < 4.78 is 18.3. The zero-order chi connectivity index (χ0) is 11.7. The molecule has 1 aliphatic heterocycles. The summed E-state index contributed by atoms with van der Waals surface area (Å²) >= 11 is 5.87. The maximum absolute atomic E-state index is 13.2. The number of ether oxygens (including phenoxy) is 1. The lowest BCUT2D eigenvalue weighted by molar-refractivity contribution is 0.0900. The molecule has 0 radical (unpaired) electrons. The second kappa shape index (κ2) is 4.52. The van der Waals surface area contributed by atoms with Gasteiger partial charge in [-0.05, 0) is 31.0 Å². The SMILES string of the molecule is Cc1cc(C(=O)C2CCOC2)c(Cl)cc1F. The molecule has 1 aliphatic rings. The van der Waals surface area contributed by atoms with Crippen LogP contribution in [0.2, 0.25) is 5.02 Å². The van der Waals surface area contributed by atoms with Crippen LogP contribution in [0.25, 0.3) is 0 Å². The molecule has 1 saturated heterocycles. The van der Waals surface area contributed by atoms with Crippen molar-refractivity contribution >= 4 is 17.4 Å². The Hall–Kier alpha value is -0.930. The minimum absolute atomic E-state index is 0.0504. The standard InChI is InChI=1S/C12H12ClFO2/c1-7-4-9(10(13)5-11(7)14)12(15)8-2-3-16-6-8/h4-5,8H,2-3,6H2,1H3. The van der Waals surface area contributed by atoms with Gasteiger partial charge < -0.3 is 4.74 Å². The highest BCUT2D eigenvalue weighted by Crippen LogP contribution is 2.26. The molecule has 1 heterocycles. The van der Waals surface area contributed by atoms with Gasteiger partial charge in [-0.15, -0.1) is 0 Å². The fourth-order valence-electron chi connectivity index (χ4n) is 1.81. The van der Waals surface area contributed by atoms with Crippen LogP contribution >= 0.6 is 11.6 Å². The Balaban J connectivity index is 2.32. The average Bonchev–Trinajstić information content (AvgIpc) is 2.75. The van der Waals surface area contributed by atoms with E-state index in [-0.39, 0.29) is 22.5 Å². The van der Waals surface area contributed by atoms with E-state index in [2.05, 4.69) is 0 Å². The van der Waals surface area contributed by atoms with Gasteiger partial charge in [-0.25, -0.2) is 4.39 Å². The van der Waals surface area contributed by atoms with Crippen molar-refractivity contribution in [1.29, 1.82) is 0 Å².